The van der Waals surface area contributed by atoms with Gasteiger partial charge in [-0.2, -0.15) is 0 Å². The Bertz CT molecular complexity index is 620. The van der Waals surface area contributed by atoms with Crippen molar-refractivity contribution in [3.63, 3.8) is 0 Å². The number of hydrogen-bond donors (Lipinski definition) is 2. The van der Waals surface area contributed by atoms with E-state index in [2.05, 4.69) is 27.9 Å². The van der Waals surface area contributed by atoms with Crippen molar-refractivity contribution in [2.45, 2.75) is 13.0 Å². The SMILES string of the molecule is O=c1cnccn1Nc1ccc2c(c1)CCNC2. The molecule has 1 aliphatic rings. The average Bonchev–Trinajstić information content (AvgIpc) is 2.41. The Hall–Kier alpha value is -2.14. The van der Waals surface area contributed by atoms with Crippen LogP contribution in [-0.2, 0) is 13.0 Å². The van der Waals surface area contributed by atoms with Gasteiger partial charge in [0.05, 0.1) is 11.9 Å². The lowest BCUT2D eigenvalue weighted by Crippen LogP contribution is -2.26. The van der Waals surface area contributed by atoms with Gasteiger partial charge in [0.25, 0.3) is 5.56 Å². The van der Waals surface area contributed by atoms with Crippen LogP contribution in [0.25, 0.3) is 0 Å². The Balaban J connectivity index is 1.90. The zero-order chi connectivity index (χ0) is 12.4. The van der Waals surface area contributed by atoms with Crippen LogP contribution in [0.2, 0.25) is 0 Å². The summed E-state index contributed by atoms with van der Waals surface area (Å²) in [5.74, 6) is 0. The molecule has 92 valence electrons. The van der Waals surface area contributed by atoms with Gasteiger partial charge in [0, 0.05) is 18.9 Å². The molecule has 2 N–H and O–H groups in total. The molecule has 3 rings (SSSR count). The van der Waals surface area contributed by atoms with Gasteiger partial charge in [-0.25, -0.2) is 4.68 Å². The molecule has 1 aliphatic heterocycles. The zero-order valence-corrected chi connectivity index (χ0v) is 9.89. The number of nitrogens with one attached hydrogen (secondary N) is 2. The zero-order valence-electron chi connectivity index (χ0n) is 9.89. The molecule has 0 saturated carbocycles. The molecule has 0 saturated heterocycles. The Labute approximate surface area is 104 Å². The summed E-state index contributed by atoms with van der Waals surface area (Å²) in [5, 5.41) is 3.34. The van der Waals surface area contributed by atoms with Gasteiger partial charge in [0.15, 0.2) is 0 Å². The van der Waals surface area contributed by atoms with E-state index in [1.54, 1.807) is 12.4 Å². The van der Waals surface area contributed by atoms with Gasteiger partial charge >= 0.3 is 0 Å². The van der Waals surface area contributed by atoms with Crippen LogP contribution in [0.5, 0.6) is 0 Å². The first-order valence-corrected chi connectivity index (χ1v) is 5.95. The van der Waals surface area contributed by atoms with Gasteiger partial charge in [0.1, 0.15) is 0 Å². The Morgan fingerprint density at radius 3 is 3.17 bits per heavy atom. The maximum Gasteiger partial charge on any atom is 0.287 e. The molecule has 2 heterocycles. The molecule has 2 aromatic rings. The Kier molecular flexibility index (Phi) is 2.82. The molecule has 5 heteroatoms. The Morgan fingerprint density at radius 1 is 1.33 bits per heavy atom. The summed E-state index contributed by atoms with van der Waals surface area (Å²) in [7, 11) is 0. The van der Waals surface area contributed by atoms with E-state index in [9.17, 15) is 4.79 Å². The molecule has 0 amide bonds. The molecule has 0 bridgehead atoms. The molecule has 0 spiro atoms. The van der Waals surface area contributed by atoms with Gasteiger partial charge in [-0.1, -0.05) is 6.07 Å². The smallest absolute Gasteiger partial charge is 0.287 e. The average molecular weight is 242 g/mol. The third-order valence-electron chi connectivity index (χ3n) is 3.07. The maximum absolute atomic E-state index is 11.5. The van der Waals surface area contributed by atoms with E-state index in [0.717, 1.165) is 25.2 Å². The fraction of sp³-hybridized carbons (Fsp3) is 0.231. The van der Waals surface area contributed by atoms with E-state index in [0.29, 0.717) is 0 Å². The second-order valence-electron chi connectivity index (χ2n) is 4.31. The van der Waals surface area contributed by atoms with Crippen molar-refractivity contribution in [2.24, 2.45) is 0 Å². The number of rotatable bonds is 2. The van der Waals surface area contributed by atoms with Crippen LogP contribution < -0.4 is 16.3 Å². The van der Waals surface area contributed by atoms with Gasteiger partial charge in [0.2, 0.25) is 0 Å². The van der Waals surface area contributed by atoms with Crippen molar-refractivity contribution in [1.29, 1.82) is 0 Å². The van der Waals surface area contributed by atoms with Crippen molar-refractivity contribution < 1.29 is 0 Å². The maximum atomic E-state index is 11.5. The van der Waals surface area contributed by atoms with Crippen LogP contribution in [-0.4, -0.2) is 16.2 Å². The minimum atomic E-state index is -0.170. The summed E-state index contributed by atoms with van der Waals surface area (Å²) in [6.07, 6.45) is 5.51. The minimum absolute atomic E-state index is 0.170. The van der Waals surface area contributed by atoms with Crippen LogP contribution in [0.4, 0.5) is 5.69 Å². The minimum Gasteiger partial charge on any atom is -0.312 e. The normalized spacial score (nSPS) is 14.0. The molecule has 5 nitrogen and oxygen atoms in total. The number of fused-ring (bicyclic) bond motifs is 1. The van der Waals surface area contributed by atoms with E-state index in [1.165, 1.54) is 22.0 Å². The van der Waals surface area contributed by atoms with E-state index < -0.39 is 0 Å². The molecule has 0 fully saturated rings. The third kappa shape index (κ3) is 2.12. The second kappa shape index (κ2) is 4.62. The monoisotopic (exact) mass is 242 g/mol. The highest BCUT2D eigenvalue weighted by molar-refractivity contribution is 5.49. The summed E-state index contributed by atoms with van der Waals surface area (Å²) in [6, 6.07) is 6.18. The second-order valence-corrected chi connectivity index (χ2v) is 4.31. The van der Waals surface area contributed by atoms with E-state index in [4.69, 9.17) is 0 Å². The number of benzene rings is 1. The van der Waals surface area contributed by atoms with Gasteiger partial charge < -0.3 is 5.32 Å². The highest BCUT2D eigenvalue weighted by Gasteiger charge is 2.08. The molecule has 18 heavy (non-hydrogen) atoms. The first-order chi connectivity index (χ1) is 8.83. The lowest BCUT2D eigenvalue weighted by atomic mass is 10.0. The van der Waals surface area contributed by atoms with Gasteiger partial charge in [-0.05, 0) is 36.2 Å². The first-order valence-electron chi connectivity index (χ1n) is 5.95. The number of anilines is 1. The standard InChI is InChI=1S/C13H14N4O/c18-13-9-15-5-6-17(13)16-12-2-1-11-8-14-4-3-10(11)7-12/h1-2,5-7,9,14,16H,3-4,8H2. The molecular weight excluding hydrogens is 228 g/mol. The molecule has 1 aromatic carbocycles. The van der Waals surface area contributed by atoms with Gasteiger partial charge in [-0.3, -0.25) is 15.2 Å². The van der Waals surface area contributed by atoms with Gasteiger partial charge in [-0.15, -0.1) is 0 Å². The fourth-order valence-corrected chi connectivity index (χ4v) is 2.13. The number of nitrogens with zero attached hydrogens (tertiary/aromatic N) is 2. The van der Waals surface area contributed by atoms with Crippen LogP contribution >= 0.6 is 0 Å². The van der Waals surface area contributed by atoms with Crippen molar-refractivity contribution in [2.75, 3.05) is 12.0 Å². The van der Waals surface area contributed by atoms with Crippen molar-refractivity contribution in [3.05, 3.63) is 58.3 Å². The van der Waals surface area contributed by atoms with E-state index in [1.807, 2.05) is 6.07 Å². The number of hydrogen-bond acceptors (Lipinski definition) is 4. The van der Waals surface area contributed by atoms with Crippen LogP contribution in [0, 0.1) is 0 Å². The lowest BCUT2D eigenvalue weighted by Gasteiger charge is -2.18. The molecular formula is C13H14N4O. The molecule has 0 radical (unpaired) electrons. The predicted octanol–water partition coefficient (Wildman–Crippen LogP) is 0.764. The van der Waals surface area contributed by atoms with E-state index >= 15 is 0 Å². The topological polar surface area (TPSA) is 59.0 Å². The fourth-order valence-electron chi connectivity index (χ4n) is 2.13. The highest BCUT2D eigenvalue weighted by atomic mass is 16.1. The predicted molar refractivity (Wildman–Crippen MR) is 69.4 cm³/mol. The quantitative estimate of drug-likeness (QED) is 0.816. The van der Waals surface area contributed by atoms with Crippen LogP contribution in [0.1, 0.15) is 11.1 Å². The van der Waals surface area contributed by atoms with Crippen molar-refractivity contribution >= 4 is 5.69 Å². The molecule has 0 aliphatic carbocycles. The first kappa shape index (κ1) is 11.0. The summed E-state index contributed by atoms with van der Waals surface area (Å²) >= 11 is 0. The third-order valence-corrected chi connectivity index (χ3v) is 3.07. The molecule has 0 unspecified atom stereocenters. The largest absolute Gasteiger partial charge is 0.312 e. The van der Waals surface area contributed by atoms with Crippen LogP contribution in [0.3, 0.4) is 0 Å². The van der Waals surface area contributed by atoms with Crippen molar-refractivity contribution in [3.8, 4) is 0 Å². The lowest BCUT2D eigenvalue weighted by molar-refractivity contribution is 0.644. The summed E-state index contributed by atoms with van der Waals surface area (Å²) in [5.41, 5.74) is 6.48. The Morgan fingerprint density at radius 2 is 2.28 bits per heavy atom. The summed E-state index contributed by atoms with van der Waals surface area (Å²) < 4.78 is 1.43. The van der Waals surface area contributed by atoms with Crippen molar-refractivity contribution in [1.82, 2.24) is 15.0 Å². The van der Waals surface area contributed by atoms with E-state index in [-0.39, 0.29) is 5.56 Å². The summed E-state index contributed by atoms with van der Waals surface area (Å²) in [4.78, 5) is 15.3. The van der Waals surface area contributed by atoms with Crippen LogP contribution in [0.15, 0.2) is 41.6 Å². The highest BCUT2D eigenvalue weighted by Crippen LogP contribution is 2.18. The molecule has 0 atom stereocenters. The summed E-state index contributed by atoms with van der Waals surface area (Å²) in [6.45, 7) is 1.93. The molecule has 1 aromatic heterocycles. The number of aromatic nitrogens is 2.